The second-order valence-electron chi connectivity index (χ2n) is 4.16. The van der Waals surface area contributed by atoms with Crippen molar-refractivity contribution in [1.29, 1.82) is 0 Å². The van der Waals surface area contributed by atoms with Gasteiger partial charge in [0.15, 0.2) is 0 Å². The molecule has 1 N–H and O–H groups in total. The number of aromatic nitrogens is 2. The van der Waals surface area contributed by atoms with Gasteiger partial charge in [-0.3, -0.25) is 0 Å². The number of nitrogens with one attached hydrogen (secondary N) is 1. The first-order valence-electron chi connectivity index (χ1n) is 6.55. The second-order valence-corrected chi connectivity index (χ2v) is 4.54. The van der Waals surface area contributed by atoms with Crippen molar-refractivity contribution in [3.8, 4) is 5.88 Å². The third-order valence-corrected chi connectivity index (χ3v) is 2.90. The van der Waals surface area contributed by atoms with Crippen LogP contribution in [0, 0.1) is 5.92 Å². The fourth-order valence-corrected chi connectivity index (χ4v) is 2.11. The summed E-state index contributed by atoms with van der Waals surface area (Å²) in [6.07, 6.45) is 5.07. The molecule has 1 heterocycles. The lowest BCUT2D eigenvalue weighted by Crippen LogP contribution is -2.16. The predicted octanol–water partition coefficient (Wildman–Crippen LogP) is 3.33. The van der Waals surface area contributed by atoms with E-state index in [1.807, 2.05) is 6.92 Å². The van der Waals surface area contributed by atoms with Crippen LogP contribution in [0.2, 0.25) is 0 Å². The Hall–Kier alpha value is -1.03. The Morgan fingerprint density at radius 3 is 2.89 bits per heavy atom. The van der Waals surface area contributed by atoms with Crippen molar-refractivity contribution in [2.24, 2.45) is 5.92 Å². The summed E-state index contributed by atoms with van der Waals surface area (Å²) in [5, 5.41) is 3.25. The lowest BCUT2D eigenvalue weighted by Gasteiger charge is -2.15. The summed E-state index contributed by atoms with van der Waals surface area (Å²) in [5.74, 6) is 2.51. The second kappa shape index (κ2) is 8.97. The normalized spacial score (nSPS) is 12.2. The van der Waals surface area contributed by atoms with Gasteiger partial charge in [-0.15, -0.1) is 11.6 Å². The number of hydrogen-bond acceptors (Lipinski definition) is 4. The van der Waals surface area contributed by atoms with Crippen molar-refractivity contribution in [2.45, 2.75) is 33.1 Å². The summed E-state index contributed by atoms with van der Waals surface area (Å²) in [6, 6.07) is 1.76. The van der Waals surface area contributed by atoms with E-state index in [0.717, 1.165) is 13.0 Å². The first-order valence-corrected chi connectivity index (χ1v) is 7.09. The summed E-state index contributed by atoms with van der Waals surface area (Å²) in [7, 11) is 0. The van der Waals surface area contributed by atoms with Crippen molar-refractivity contribution in [2.75, 3.05) is 24.3 Å². The Morgan fingerprint density at radius 2 is 2.22 bits per heavy atom. The minimum absolute atomic E-state index is 0.576. The van der Waals surface area contributed by atoms with Crippen LogP contribution in [0.25, 0.3) is 0 Å². The summed E-state index contributed by atoms with van der Waals surface area (Å²) in [5.41, 5.74) is 0. The van der Waals surface area contributed by atoms with E-state index in [4.69, 9.17) is 16.3 Å². The minimum atomic E-state index is 0.576. The largest absolute Gasteiger partial charge is 0.478 e. The maximum atomic E-state index is 5.80. The van der Waals surface area contributed by atoms with Crippen LogP contribution in [0.3, 0.4) is 0 Å². The number of nitrogens with zero attached hydrogens (tertiary/aromatic N) is 2. The molecule has 0 radical (unpaired) electrons. The third-order valence-electron chi connectivity index (χ3n) is 2.69. The van der Waals surface area contributed by atoms with Crippen molar-refractivity contribution in [3.63, 3.8) is 0 Å². The Bertz CT molecular complexity index is 330. The monoisotopic (exact) mass is 271 g/mol. The van der Waals surface area contributed by atoms with E-state index in [-0.39, 0.29) is 0 Å². The first kappa shape index (κ1) is 15.0. The van der Waals surface area contributed by atoms with E-state index in [2.05, 4.69) is 22.2 Å². The Balaban J connectivity index is 2.47. The molecule has 18 heavy (non-hydrogen) atoms. The Labute approximate surface area is 114 Å². The van der Waals surface area contributed by atoms with Crippen LogP contribution in [0.1, 0.15) is 33.1 Å². The summed E-state index contributed by atoms with van der Waals surface area (Å²) >= 11 is 5.80. The molecule has 0 amide bonds. The van der Waals surface area contributed by atoms with Gasteiger partial charge in [0.1, 0.15) is 0 Å². The molecule has 1 aromatic rings. The summed E-state index contributed by atoms with van der Waals surface area (Å²) in [6.45, 7) is 5.59. The lowest BCUT2D eigenvalue weighted by molar-refractivity contribution is 0.326. The van der Waals surface area contributed by atoms with E-state index < -0.39 is 0 Å². The van der Waals surface area contributed by atoms with Gasteiger partial charge in [-0.2, -0.15) is 4.98 Å². The number of halogens is 1. The maximum absolute atomic E-state index is 5.80. The van der Waals surface area contributed by atoms with Gasteiger partial charge < -0.3 is 10.1 Å². The molecule has 0 aliphatic rings. The van der Waals surface area contributed by atoms with Crippen molar-refractivity contribution in [1.82, 2.24) is 9.97 Å². The van der Waals surface area contributed by atoms with Crippen LogP contribution >= 0.6 is 11.6 Å². The van der Waals surface area contributed by atoms with Gasteiger partial charge in [0.05, 0.1) is 6.61 Å². The molecule has 4 nitrogen and oxygen atoms in total. The average molecular weight is 272 g/mol. The number of hydrogen-bond donors (Lipinski definition) is 1. The van der Waals surface area contributed by atoms with Gasteiger partial charge in [-0.05, 0) is 25.7 Å². The molecule has 1 aromatic heterocycles. The van der Waals surface area contributed by atoms with Crippen LogP contribution in [0.4, 0.5) is 5.95 Å². The van der Waals surface area contributed by atoms with Crippen molar-refractivity contribution >= 4 is 17.5 Å². The highest BCUT2D eigenvalue weighted by Gasteiger charge is 2.08. The molecule has 0 aliphatic heterocycles. The fraction of sp³-hybridized carbons (Fsp3) is 0.692. The number of ether oxygens (including phenoxy) is 1. The Morgan fingerprint density at radius 1 is 1.39 bits per heavy atom. The summed E-state index contributed by atoms with van der Waals surface area (Å²) < 4.78 is 5.34. The predicted molar refractivity (Wildman–Crippen MR) is 75.4 cm³/mol. The number of rotatable bonds is 9. The molecule has 1 rings (SSSR count). The Kier molecular flexibility index (Phi) is 7.49. The summed E-state index contributed by atoms with van der Waals surface area (Å²) in [4.78, 5) is 8.46. The van der Waals surface area contributed by atoms with Gasteiger partial charge in [-0.25, -0.2) is 4.98 Å². The van der Waals surface area contributed by atoms with E-state index in [9.17, 15) is 0 Å². The molecule has 0 spiro atoms. The average Bonchev–Trinajstić information content (AvgIpc) is 2.37. The molecule has 0 saturated heterocycles. The molecule has 1 unspecified atom stereocenters. The first-order chi connectivity index (χ1) is 8.80. The van der Waals surface area contributed by atoms with E-state index in [1.165, 1.54) is 12.8 Å². The molecule has 1 atom stereocenters. The third kappa shape index (κ3) is 5.54. The SMILES string of the molecule is CCCC(CCCl)CNc1nccc(OCC)n1. The van der Waals surface area contributed by atoms with Crippen LogP contribution in [-0.2, 0) is 0 Å². The van der Waals surface area contributed by atoms with E-state index in [0.29, 0.717) is 30.2 Å². The quantitative estimate of drug-likeness (QED) is 0.700. The van der Waals surface area contributed by atoms with E-state index in [1.54, 1.807) is 12.3 Å². The highest BCUT2D eigenvalue weighted by atomic mass is 35.5. The number of anilines is 1. The van der Waals surface area contributed by atoms with Crippen LogP contribution in [-0.4, -0.2) is 29.0 Å². The van der Waals surface area contributed by atoms with Crippen LogP contribution in [0.5, 0.6) is 5.88 Å². The molecule has 0 saturated carbocycles. The highest BCUT2D eigenvalue weighted by Crippen LogP contribution is 2.14. The molecule has 0 aliphatic carbocycles. The van der Waals surface area contributed by atoms with E-state index >= 15 is 0 Å². The van der Waals surface area contributed by atoms with Gasteiger partial charge in [0, 0.05) is 24.7 Å². The lowest BCUT2D eigenvalue weighted by atomic mass is 10.0. The van der Waals surface area contributed by atoms with Crippen molar-refractivity contribution in [3.05, 3.63) is 12.3 Å². The van der Waals surface area contributed by atoms with Gasteiger partial charge >= 0.3 is 0 Å². The molecular formula is C13H22ClN3O. The minimum Gasteiger partial charge on any atom is -0.478 e. The molecule has 0 aromatic carbocycles. The zero-order valence-corrected chi connectivity index (χ0v) is 11.9. The zero-order valence-electron chi connectivity index (χ0n) is 11.2. The molecule has 5 heteroatoms. The van der Waals surface area contributed by atoms with Crippen LogP contribution < -0.4 is 10.1 Å². The van der Waals surface area contributed by atoms with Gasteiger partial charge in [0.25, 0.3) is 0 Å². The zero-order chi connectivity index (χ0) is 13.2. The fourth-order valence-electron chi connectivity index (χ4n) is 1.80. The molecule has 0 fully saturated rings. The highest BCUT2D eigenvalue weighted by molar-refractivity contribution is 6.17. The number of alkyl halides is 1. The topological polar surface area (TPSA) is 47.0 Å². The van der Waals surface area contributed by atoms with Crippen molar-refractivity contribution < 1.29 is 4.74 Å². The standard InChI is InChI=1S/C13H22ClN3O/c1-3-5-11(6-8-14)10-16-13-15-9-7-12(17-13)18-4-2/h7,9,11H,3-6,8,10H2,1-2H3,(H,15,16,17). The molecule has 0 bridgehead atoms. The molecular weight excluding hydrogens is 250 g/mol. The van der Waals surface area contributed by atoms with Crippen LogP contribution in [0.15, 0.2) is 12.3 Å². The van der Waals surface area contributed by atoms with Gasteiger partial charge in [-0.1, -0.05) is 13.3 Å². The van der Waals surface area contributed by atoms with Gasteiger partial charge in [0.2, 0.25) is 11.8 Å². The molecule has 102 valence electrons. The maximum Gasteiger partial charge on any atom is 0.225 e. The smallest absolute Gasteiger partial charge is 0.225 e.